The zero-order valence-corrected chi connectivity index (χ0v) is 15.6. The van der Waals surface area contributed by atoms with Crippen molar-refractivity contribution in [3.05, 3.63) is 34.3 Å². The maximum atomic E-state index is 6.59. The number of hydrogen-bond acceptors (Lipinski definition) is 1. The molecular weight excluding hydrogens is 316 g/mol. The molecule has 0 fully saturated rings. The van der Waals surface area contributed by atoms with E-state index in [1.54, 1.807) is 0 Å². The third-order valence-electron chi connectivity index (χ3n) is 4.14. The Morgan fingerprint density at radius 2 is 1.42 bits per heavy atom. The lowest BCUT2D eigenvalue weighted by Gasteiger charge is -2.42. The maximum absolute atomic E-state index is 6.59. The highest BCUT2D eigenvalue weighted by Gasteiger charge is 2.44. The molecule has 0 saturated carbocycles. The quantitative estimate of drug-likeness (QED) is 0.564. The Bertz CT molecular complexity index is 380. The van der Waals surface area contributed by atoms with E-state index in [0.717, 1.165) is 11.1 Å². The van der Waals surface area contributed by atoms with Gasteiger partial charge in [0, 0.05) is 4.47 Å². The second-order valence-electron chi connectivity index (χ2n) is 6.20. The summed E-state index contributed by atoms with van der Waals surface area (Å²) in [5.74, 6) is 0. The fourth-order valence-electron chi connectivity index (χ4n) is 3.32. The first kappa shape index (κ1) is 16.9. The molecule has 0 amide bonds. The summed E-state index contributed by atoms with van der Waals surface area (Å²) in [7, 11) is -1.75. The van der Waals surface area contributed by atoms with Crippen LogP contribution in [0.1, 0.15) is 47.1 Å². The Kier molecular flexibility index (Phi) is 6.28. The number of rotatable bonds is 6. The summed E-state index contributed by atoms with van der Waals surface area (Å²) in [5.41, 5.74) is 3.15. The van der Waals surface area contributed by atoms with Crippen LogP contribution in [0.3, 0.4) is 0 Å². The van der Waals surface area contributed by atoms with Gasteiger partial charge in [-0.3, -0.25) is 0 Å². The average Bonchev–Trinajstić information content (AvgIpc) is 2.30. The van der Waals surface area contributed by atoms with Crippen molar-refractivity contribution in [1.29, 1.82) is 0 Å². The third kappa shape index (κ3) is 3.70. The van der Waals surface area contributed by atoms with Crippen molar-refractivity contribution < 1.29 is 4.43 Å². The van der Waals surface area contributed by atoms with E-state index in [9.17, 15) is 0 Å². The van der Waals surface area contributed by atoms with Crippen molar-refractivity contribution in [1.82, 2.24) is 0 Å². The highest BCUT2D eigenvalue weighted by Crippen LogP contribution is 2.42. The fourth-order valence-corrected chi connectivity index (χ4v) is 9.12. The van der Waals surface area contributed by atoms with Crippen molar-refractivity contribution in [3.63, 3.8) is 0 Å². The van der Waals surface area contributed by atoms with E-state index in [1.165, 1.54) is 5.56 Å². The van der Waals surface area contributed by atoms with E-state index in [-0.39, 0.29) is 0 Å². The Morgan fingerprint density at radius 1 is 0.947 bits per heavy atom. The number of hydrogen-bond donors (Lipinski definition) is 0. The Labute approximate surface area is 128 Å². The van der Waals surface area contributed by atoms with Crippen molar-refractivity contribution in [2.75, 3.05) is 0 Å². The van der Waals surface area contributed by atoms with Crippen LogP contribution < -0.4 is 0 Å². The van der Waals surface area contributed by atoms with E-state index < -0.39 is 8.32 Å². The minimum atomic E-state index is -1.75. The molecule has 0 bridgehead atoms. The van der Waals surface area contributed by atoms with Crippen LogP contribution in [0, 0.1) is 0 Å². The van der Waals surface area contributed by atoms with Crippen LogP contribution in [0.5, 0.6) is 0 Å². The van der Waals surface area contributed by atoms with Crippen LogP contribution >= 0.6 is 15.9 Å². The summed E-state index contributed by atoms with van der Waals surface area (Å²) in [6.07, 6.45) is 0. The second kappa shape index (κ2) is 7.05. The zero-order valence-electron chi connectivity index (χ0n) is 13.0. The fraction of sp³-hybridized carbons (Fsp3) is 0.625. The summed E-state index contributed by atoms with van der Waals surface area (Å²) in [6.45, 7) is 14.7. The molecule has 0 aliphatic rings. The van der Waals surface area contributed by atoms with Gasteiger partial charge in [0.1, 0.15) is 0 Å². The van der Waals surface area contributed by atoms with Crippen LogP contribution in [0.25, 0.3) is 0 Å². The first-order valence-electron chi connectivity index (χ1n) is 7.19. The van der Waals surface area contributed by atoms with Gasteiger partial charge in [0.2, 0.25) is 8.32 Å². The first-order chi connectivity index (χ1) is 8.82. The molecule has 0 aliphatic heterocycles. The van der Waals surface area contributed by atoms with Gasteiger partial charge in [-0.05, 0) is 28.3 Å². The molecule has 1 nitrogen and oxygen atoms in total. The monoisotopic (exact) mass is 342 g/mol. The first-order valence-corrected chi connectivity index (χ1v) is 10.1. The lowest BCUT2D eigenvalue weighted by molar-refractivity contribution is 0.265. The normalized spacial score (nSPS) is 12.7. The molecule has 108 valence electrons. The van der Waals surface area contributed by atoms with E-state index in [1.807, 2.05) is 6.07 Å². The molecule has 0 aliphatic carbocycles. The van der Waals surface area contributed by atoms with Crippen molar-refractivity contribution >= 4 is 24.2 Å². The molecule has 0 heterocycles. The summed E-state index contributed by atoms with van der Waals surface area (Å²) in [5, 5.41) is 0. The molecule has 0 N–H and O–H groups in total. The van der Waals surface area contributed by atoms with Gasteiger partial charge in [0.25, 0.3) is 0 Å². The molecule has 0 radical (unpaired) electrons. The van der Waals surface area contributed by atoms with E-state index in [4.69, 9.17) is 4.43 Å². The SMILES string of the molecule is CC(C)[Si](OCc1ccccc1Br)(C(C)C)C(C)C. The van der Waals surface area contributed by atoms with Gasteiger partial charge in [-0.1, -0.05) is 75.7 Å². The predicted octanol–water partition coefficient (Wildman–Crippen LogP) is 6.14. The molecule has 0 saturated heterocycles. The van der Waals surface area contributed by atoms with Crippen molar-refractivity contribution in [3.8, 4) is 0 Å². The summed E-state index contributed by atoms with van der Waals surface area (Å²) >= 11 is 3.61. The molecule has 0 spiro atoms. The molecule has 0 atom stereocenters. The van der Waals surface area contributed by atoms with Crippen LogP contribution in [0.4, 0.5) is 0 Å². The van der Waals surface area contributed by atoms with Crippen LogP contribution in [-0.4, -0.2) is 8.32 Å². The Morgan fingerprint density at radius 3 is 1.84 bits per heavy atom. The Balaban J connectivity index is 2.94. The van der Waals surface area contributed by atoms with E-state index in [0.29, 0.717) is 16.6 Å². The number of benzene rings is 1. The summed E-state index contributed by atoms with van der Waals surface area (Å²) in [4.78, 5) is 0. The Hall–Kier alpha value is -0.123. The minimum Gasteiger partial charge on any atom is -0.412 e. The molecule has 1 aromatic carbocycles. The molecular formula is C16H27BrOSi. The van der Waals surface area contributed by atoms with Crippen molar-refractivity contribution in [2.45, 2.75) is 64.8 Å². The summed E-state index contributed by atoms with van der Waals surface area (Å²) in [6, 6.07) is 8.35. The lowest BCUT2D eigenvalue weighted by Crippen LogP contribution is -2.47. The lowest BCUT2D eigenvalue weighted by atomic mass is 10.2. The molecule has 1 rings (SSSR count). The van der Waals surface area contributed by atoms with Crippen LogP contribution in [-0.2, 0) is 11.0 Å². The third-order valence-corrected chi connectivity index (χ3v) is 11.0. The standard InChI is InChI=1S/C16H27BrOSi/c1-12(2)19(13(3)4,14(5)6)18-11-15-9-7-8-10-16(15)17/h7-10,12-14H,11H2,1-6H3. The van der Waals surface area contributed by atoms with Crippen LogP contribution in [0.15, 0.2) is 28.7 Å². The highest BCUT2D eigenvalue weighted by molar-refractivity contribution is 9.10. The van der Waals surface area contributed by atoms with Gasteiger partial charge in [-0.2, -0.15) is 0 Å². The topological polar surface area (TPSA) is 9.23 Å². The van der Waals surface area contributed by atoms with Gasteiger partial charge in [0.15, 0.2) is 0 Å². The maximum Gasteiger partial charge on any atom is 0.200 e. The summed E-state index contributed by atoms with van der Waals surface area (Å²) < 4.78 is 7.74. The predicted molar refractivity (Wildman–Crippen MR) is 90.0 cm³/mol. The molecule has 1 aromatic rings. The molecule has 0 aromatic heterocycles. The van der Waals surface area contributed by atoms with Gasteiger partial charge >= 0.3 is 0 Å². The smallest absolute Gasteiger partial charge is 0.200 e. The zero-order chi connectivity index (χ0) is 14.6. The second-order valence-corrected chi connectivity index (χ2v) is 12.5. The van der Waals surface area contributed by atoms with E-state index >= 15 is 0 Å². The van der Waals surface area contributed by atoms with Gasteiger partial charge in [0.05, 0.1) is 6.61 Å². The molecule has 19 heavy (non-hydrogen) atoms. The van der Waals surface area contributed by atoms with Crippen LogP contribution in [0.2, 0.25) is 16.6 Å². The number of halogens is 1. The highest BCUT2D eigenvalue weighted by atomic mass is 79.9. The van der Waals surface area contributed by atoms with Gasteiger partial charge in [-0.25, -0.2) is 0 Å². The average molecular weight is 343 g/mol. The molecule has 3 heteroatoms. The molecule has 0 unspecified atom stereocenters. The minimum absolute atomic E-state index is 0.634. The van der Waals surface area contributed by atoms with Gasteiger partial charge < -0.3 is 4.43 Å². The van der Waals surface area contributed by atoms with Crippen molar-refractivity contribution in [2.24, 2.45) is 0 Å². The van der Waals surface area contributed by atoms with Gasteiger partial charge in [-0.15, -0.1) is 0 Å². The van der Waals surface area contributed by atoms with E-state index in [2.05, 4.69) is 75.7 Å². The largest absolute Gasteiger partial charge is 0.412 e.